The van der Waals surface area contributed by atoms with Gasteiger partial charge in [0.25, 0.3) is 0 Å². The first kappa shape index (κ1) is 14.1. The molecule has 1 aromatic heterocycles. The number of hydrogen-bond donors (Lipinski definition) is 0. The predicted octanol–water partition coefficient (Wildman–Crippen LogP) is 2.12. The molecule has 0 bridgehead atoms. The molecule has 0 fully saturated rings. The molecule has 0 aliphatic rings. The first-order valence-electron chi connectivity index (χ1n) is 5.90. The lowest BCUT2D eigenvalue weighted by Gasteiger charge is -2.18. The molecular weight excluding hydrogens is 313 g/mol. The molecule has 1 atom stereocenters. The van der Waals surface area contributed by atoms with E-state index in [1.165, 1.54) is 12.4 Å². The maximum absolute atomic E-state index is 13.3. The van der Waals surface area contributed by atoms with Crippen LogP contribution in [0.2, 0.25) is 0 Å². The zero-order valence-electron chi connectivity index (χ0n) is 10.8. The lowest BCUT2D eigenvalue weighted by Crippen LogP contribution is -2.21. The highest BCUT2D eigenvalue weighted by molar-refractivity contribution is 9.10. The molecule has 0 amide bonds. The fourth-order valence-corrected chi connectivity index (χ4v) is 2.23. The summed E-state index contributed by atoms with van der Waals surface area (Å²) in [5, 5.41) is 11.8. The molecule has 1 heterocycles. The van der Waals surface area contributed by atoms with Gasteiger partial charge in [-0.3, -0.25) is 0 Å². The molecule has 0 aliphatic carbocycles. The van der Waals surface area contributed by atoms with Gasteiger partial charge in [0, 0.05) is 0 Å². The van der Waals surface area contributed by atoms with Crippen LogP contribution < -0.4 is 0 Å². The topological polar surface area (TPSA) is 46.8 Å². The maximum Gasteiger partial charge on any atom is 0.162 e. The molecule has 0 N–H and O–H groups in total. The van der Waals surface area contributed by atoms with Crippen molar-refractivity contribution in [3.8, 4) is 0 Å². The van der Waals surface area contributed by atoms with Crippen molar-refractivity contribution in [1.29, 1.82) is 0 Å². The molecule has 0 spiro atoms. The minimum Gasteiger partial charge on any atom is -0.309 e. The highest BCUT2D eigenvalue weighted by atomic mass is 79.9. The zero-order valence-corrected chi connectivity index (χ0v) is 12.4. The molecule has 0 saturated carbocycles. The van der Waals surface area contributed by atoms with Crippen LogP contribution in [0.1, 0.15) is 18.0 Å². The fraction of sp³-hybridized carbons (Fsp3) is 0.417. The molecule has 0 saturated heterocycles. The van der Waals surface area contributed by atoms with E-state index in [0.717, 1.165) is 18.5 Å². The molecule has 0 aliphatic heterocycles. The van der Waals surface area contributed by atoms with Gasteiger partial charge in [-0.25, -0.2) is 4.39 Å². The van der Waals surface area contributed by atoms with E-state index in [4.69, 9.17) is 0 Å². The van der Waals surface area contributed by atoms with Crippen LogP contribution in [0.25, 0.3) is 0 Å². The van der Waals surface area contributed by atoms with Crippen molar-refractivity contribution >= 4 is 15.9 Å². The Morgan fingerprint density at radius 2 is 2.21 bits per heavy atom. The molecule has 7 heteroatoms. The van der Waals surface area contributed by atoms with E-state index in [-0.39, 0.29) is 11.9 Å². The van der Waals surface area contributed by atoms with Gasteiger partial charge in [0.1, 0.15) is 5.82 Å². The second-order valence-corrected chi connectivity index (χ2v) is 5.39. The number of benzene rings is 1. The molecule has 0 radical (unpaired) electrons. The van der Waals surface area contributed by atoms with Crippen molar-refractivity contribution < 1.29 is 4.39 Å². The van der Waals surface area contributed by atoms with Crippen LogP contribution in [0.4, 0.5) is 4.39 Å². The minimum atomic E-state index is -0.276. The Kier molecular flexibility index (Phi) is 4.60. The lowest BCUT2D eigenvalue weighted by molar-refractivity contribution is 0.339. The minimum absolute atomic E-state index is 0.0539. The highest BCUT2D eigenvalue weighted by Gasteiger charge is 2.17. The third-order valence-electron chi connectivity index (χ3n) is 2.82. The predicted molar refractivity (Wildman–Crippen MR) is 73.2 cm³/mol. The summed E-state index contributed by atoms with van der Waals surface area (Å²) in [7, 11) is 4.01. The van der Waals surface area contributed by atoms with Crippen LogP contribution in [0.15, 0.2) is 29.0 Å². The van der Waals surface area contributed by atoms with Gasteiger partial charge >= 0.3 is 0 Å². The van der Waals surface area contributed by atoms with Crippen LogP contribution in [0.5, 0.6) is 0 Å². The monoisotopic (exact) mass is 327 g/mol. The Balaban J connectivity index is 2.28. The normalized spacial score (nSPS) is 12.9. The Bertz CT molecular complexity index is 529. The van der Waals surface area contributed by atoms with Crippen LogP contribution in [0, 0.1) is 5.82 Å². The SMILES string of the molecule is CN(C)CCC(c1ccc(F)c(Br)c1)n1ncnn1. The summed E-state index contributed by atoms with van der Waals surface area (Å²) >= 11 is 3.21. The number of hydrogen-bond acceptors (Lipinski definition) is 4. The van der Waals surface area contributed by atoms with Gasteiger partial charge < -0.3 is 4.90 Å². The summed E-state index contributed by atoms with van der Waals surface area (Å²) in [5.41, 5.74) is 0.952. The number of halogens is 2. The van der Waals surface area contributed by atoms with E-state index in [1.807, 2.05) is 14.1 Å². The first-order valence-corrected chi connectivity index (χ1v) is 6.69. The number of rotatable bonds is 5. The van der Waals surface area contributed by atoms with Crippen LogP contribution in [-0.2, 0) is 0 Å². The van der Waals surface area contributed by atoms with Crippen LogP contribution in [-0.4, -0.2) is 45.7 Å². The Morgan fingerprint density at radius 1 is 1.42 bits per heavy atom. The van der Waals surface area contributed by atoms with E-state index in [9.17, 15) is 4.39 Å². The van der Waals surface area contributed by atoms with Gasteiger partial charge in [-0.15, -0.1) is 10.2 Å². The third-order valence-corrected chi connectivity index (χ3v) is 3.43. The highest BCUT2D eigenvalue weighted by Crippen LogP contribution is 2.25. The largest absolute Gasteiger partial charge is 0.309 e. The molecule has 2 rings (SSSR count). The molecule has 5 nitrogen and oxygen atoms in total. The maximum atomic E-state index is 13.3. The molecule has 19 heavy (non-hydrogen) atoms. The summed E-state index contributed by atoms with van der Waals surface area (Å²) in [6, 6.07) is 4.91. The summed E-state index contributed by atoms with van der Waals surface area (Å²) in [5.74, 6) is -0.276. The van der Waals surface area contributed by atoms with Gasteiger partial charge in [-0.2, -0.15) is 4.80 Å². The average Bonchev–Trinajstić information content (AvgIpc) is 2.87. The van der Waals surface area contributed by atoms with Gasteiger partial charge in [-0.05, 0) is 65.9 Å². The molecule has 1 unspecified atom stereocenters. The van der Waals surface area contributed by atoms with Gasteiger partial charge in [-0.1, -0.05) is 6.07 Å². The van der Waals surface area contributed by atoms with Crippen molar-refractivity contribution in [3.63, 3.8) is 0 Å². The van der Waals surface area contributed by atoms with E-state index in [0.29, 0.717) is 4.47 Å². The average molecular weight is 328 g/mol. The molecular formula is C12H15BrFN5. The molecule has 102 valence electrons. The summed E-state index contributed by atoms with van der Waals surface area (Å²) < 4.78 is 13.8. The molecule has 1 aromatic carbocycles. The Morgan fingerprint density at radius 3 is 2.79 bits per heavy atom. The number of tetrazole rings is 1. The van der Waals surface area contributed by atoms with Gasteiger partial charge in [0.2, 0.25) is 0 Å². The third kappa shape index (κ3) is 3.57. The van der Waals surface area contributed by atoms with Gasteiger partial charge in [0.15, 0.2) is 6.33 Å². The van der Waals surface area contributed by atoms with E-state index in [2.05, 4.69) is 36.2 Å². The second kappa shape index (κ2) is 6.21. The zero-order chi connectivity index (χ0) is 13.8. The summed E-state index contributed by atoms with van der Waals surface area (Å²) in [4.78, 5) is 3.64. The summed E-state index contributed by atoms with van der Waals surface area (Å²) in [6.07, 6.45) is 2.22. The first-order chi connectivity index (χ1) is 9.08. The quantitative estimate of drug-likeness (QED) is 0.843. The lowest BCUT2D eigenvalue weighted by atomic mass is 10.0. The van der Waals surface area contributed by atoms with Crippen molar-refractivity contribution in [2.75, 3.05) is 20.6 Å². The second-order valence-electron chi connectivity index (χ2n) is 4.54. The van der Waals surface area contributed by atoms with Gasteiger partial charge in [0.05, 0.1) is 10.5 Å². The van der Waals surface area contributed by atoms with E-state index < -0.39 is 0 Å². The summed E-state index contributed by atoms with van der Waals surface area (Å²) in [6.45, 7) is 0.876. The van der Waals surface area contributed by atoms with Crippen LogP contribution in [0.3, 0.4) is 0 Å². The van der Waals surface area contributed by atoms with Crippen molar-refractivity contribution in [3.05, 3.63) is 40.4 Å². The van der Waals surface area contributed by atoms with Crippen LogP contribution >= 0.6 is 15.9 Å². The number of nitrogens with zero attached hydrogens (tertiary/aromatic N) is 5. The van der Waals surface area contributed by atoms with Crippen molar-refractivity contribution in [1.82, 2.24) is 25.1 Å². The Hall–Kier alpha value is -1.34. The smallest absolute Gasteiger partial charge is 0.162 e. The van der Waals surface area contributed by atoms with E-state index >= 15 is 0 Å². The molecule has 2 aromatic rings. The van der Waals surface area contributed by atoms with Crippen molar-refractivity contribution in [2.45, 2.75) is 12.5 Å². The standard InChI is InChI=1S/C12H15BrFN5/c1-18(2)6-5-12(19-16-8-15-17-19)9-3-4-11(14)10(13)7-9/h3-4,7-8,12H,5-6H2,1-2H3. The Labute approximate surface area is 119 Å². The van der Waals surface area contributed by atoms with E-state index in [1.54, 1.807) is 16.9 Å². The fourth-order valence-electron chi connectivity index (χ4n) is 1.83. The number of aromatic nitrogens is 4. The van der Waals surface area contributed by atoms with Crippen molar-refractivity contribution in [2.24, 2.45) is 0 Å².